The monoisotopic (exact) mass is 398 g/mol. The molecule has 0 spiro atoms. The van der Waals surface area contributed by atoms with Gasteiger partial charge in [0.25, 0.3) is 0 Å². The molecule has 0 aromatic rings. The molecule has 0 atom stereocenters. The van der Waals surface area contributed by atoms with Gasteiger partial charge in [0.05, 0.1) is 0 Å². The molecule has 18 heavy (non-hydrogen) atoms. The van der Waals surface area contributed by atoms with Gasteiger partial charge >= 0.3 is 0 Å². The van der Waals surface area contributed by atoms with Crippen LogP contribution in [0.1, 0.15) is 13.3 Å². The first-order chi connectivity index (χ1) is 7.83. The van der Waals surface area contributed by atoms with Crippen molar-refractivity contribution in [2.24, 2.45) is 0 Å². The standard InChI is InChI=1S/C7H10O.C6H6O2.2Y/c1-2-3-4-5-6-7-8;7-5-3-1-2-4-6-8;;/h4-5,8H,2,7H2,1H3;1-2,5,8H,6H2;;/q2*-2;;. The number of carbonyl (C=O) groups is 1. The van der Waals surface area contributed by atoms with Gasteiger partial charge in [-0.05, 0) is 13.2 Å². The number of carbonyl (C=O) groups excluding carboxylic acids is 1. The third kappa shape index (κ3) is 36.0. The van der Waals surface area contributed by atoms with E-state index in [1.165, 1.54) is 12.2 Å². The van der Waals surface area contributed by atoms with Crippen molar-refractivity contribution in [1.29, 1.82) is 0 Å². The Morgan fingerprint density at radius 1 is 0.889 bits per heavy atom. The van der Waals surface area contributed by atoms with Crippen molar-refractivity contribution in [3.8, 4) is 0 Å². The molecule has 96 valence electrons. The number of allylic oxidation sites excluding steroid dienone is 6. The van der Waals surface area contributed by atoms with Crippen LogP contribution in [-0.2, 0) is 70.2 Å². The quantitative estimate of drug-likeness (QED) is 0.304. The Hall–Kier alpha value is 0.758. The molecule has 0 rings (SSSR count). The van der Waals surface area contributed by atoms with Crippen LogP contribution in [0.25, 0.3) is 0 Å². The van der Waals surface area contributed by atoms with Crippen LogP contribution < -0.4 is 0 Å². The molecule has 0 saturated heterocycles. The van der Waals surface area contributed by atoms with E-state index in [-0.39, 0.29) is 78.6 Å². The summed E-state index contributed by atoms with van der Waals surface area (Å²) in [5, 5.41) is 16.3. The van der Waals surface area contributed by atoms with Crippen molar-refractivity contribution in [3.05, 3.63) is 48.6 Å². The van der Waals surface area contributed by atoms with E-state index in [9.17, 15) is 4.79 Å². The number of hydrogen-bond donors (Lipinski definition) is 2. The van der Waals surface area contributed by atoms with Gasteiger partial charge in [0.2, 0.25) is 0 Å². The van der Waals surface area contributed by atoms with E-state index in [0.29, 0.717) is 6.29 Å². The predicted molar refractivity (Wildman–Crippen MR) is 61.8 cm³/mol. The summed E-state index contributed by atoms with van der Waals surface area (Å²) >= 11 is 0. The van der Waals surface area contributed by atoms with E-state index in [0.717, 1.165) is 6.42 Å². The Morgan fingerprint density at radius 3 is 1.72 bits per heavy atom. The fourth-order valence-electron chi connectivity index (χ4n) is 0.487. The molecule has 0 bridgehead atoms. The summed E-state index contributed by atoms with van der Waals surface area (Å²) in [6.07, 6.45) is 17.9. The van der Waals surface area contributed by atoms with Gasteiger partial charge < -0.3 is 63.6 Å². The summed E-state index contributed by atoms with van der Waals surface area (Å²) in [4.78, 5) is 9.52. The number of hydrogen-bond acceptors (Lipinski definition) is 3. The molecule has 0 amide bonds. The van der Waals surface area contributed by atoms with Crippen molar-refractivity contribution in [3.63, 3.8) is 0 Å². The van der Waals surface area contributed by atoms with Gasteiger partial charge in [-0.25, -0.2) is 0 Å². The Kier molecular flexibility index (Phi) is 46.2. The molecule has 0 aliphatic rings. The third-order valence-electron chi connectivity index (χ3n) is 1.07. The van der Waals surface area contributed by atoms with Crippen LogP contribution in [-0.4, -0.2) is 29.7 Å². The normalized spacial score (nSPS) is 10.2. The van der Waals surface area contributed by atoms with E-state index in [4.69, 9.17) is 10.2 Å². The largest absolute Gasteiger partial charge is 0.413 e. The van der Waals surface area contributed by atoms with Crippen LogP contribution in [0.3, 0.4) is 0 Å². The average Bonchev–Trinajstić information content (AvgIpc) is 2.31. The van der Waals surface area contributed by atoms with Crippen molar-refractivity contribution in [1.82, 2.24) is 0 Å². The Bertz CT molecular complexity index is 235. The van der Waals surface area contributed by atoms with E-state index in [2.05, 4.69) is 24.3 Å². The molecule has 3 nitrogen and oxygen atoms in total. The minimum Gasteiger partial charge on any atom is -0.413 e. The maximum Gasteiger partial charge on any atom is 0.0353 e. The van der Waals surface area contributed by atoms with Gasteiger partial charge in [0.1, 0.15) is 0 Å². The van der Waals surface area contributed by atoms with Crippen molar-refractivity contribution in [2.45, 2.75) is 13.3 Å². The number of aliphatic hydroxyl groups excluding tert-OH is 2. The van der Waals surface area contributed by atoms with Gasteiger partial charge in [0.15, 0.2) is 0 Å². The van der Waals surface area contributed by atoms with Crippen LogP contribution in [0.15, 0.2) is 24.3 Å². The van der Waals surface area contributed by atoms with Crippen LogP contribution in [0.4, 0.5) is 0 Å². The fourth-order valence-corrected chi connectivity index (χ4v) is 0.487. The third-order valence-corrected chi connectivity index (χ3v) is 1.07. The minimum absolute atomic E-state index is 0. The Labute approximate surface area is 160 Å². The number of aldehydes is 1. The van der Waals surface area contributed by atoms with Crippen LogP contribution >= 0.6 is 0 Å². The van der Waals surface area contributed by atoms with E-state index < -0.39 is 0 Å². The molecule has 0 aliphatic heterocycles. The van der Waals surface area contributed by atoms with Crippen LogP contribution in [0.5, 0.6) is 0 Å². The molecule has 2 N–H and O–H groups in total. The predicted octanol–water partition coefficient (Wildman–Crippen LogP) is 0.999. The van der Waals surface area contributed by atoms with Gasteiger partial charge in [-0.1, -0.05) is 6.92 Å². The summed E-state index contributed by atoms with van der Waals surface area (Å²) in [6, 6.07) is 0. The molecule has 0 heterocycles. The second kappa shape index (κ2) is 30.6. The zero-order valence-corrected chi connectivity index (χ0v) is 16.1. The van der Waals surface area contributed by atoms with Crippen LogP contribution in [0, 0.1) is 24.3 Å². The number of rotatable bonds is 6. The Balaban J connectivity index is -0.0000000980. The molecular formula is C13H16O3Y2-4. The SMILES string of the molecule is CC[C-]=CC=[C-]CO.O=C[C-]=CC=[C-]CO.[Y].[Y]. The first-order valence-electron chi connectivity index (χ1n) is 4.75. The van der Waals surface area contributed by atoms with Crippen LogP contribution in [0.2, 0.25) is 0 Å². The van der Waals surface area contributed by atoms with Gasteiger partial charge in [-0.2, -0.15) is 0 Å². The molecule has 0 aromatic heterocycles. The smallest absolute Gasteiger partial charge is 0.0353 e. The number of aliphatic hydroxyl groups is 2. The molecule has 0 saturated carbocycles. The maximum absolute atomic E-state index is 9.52. The topological polar surface area (TPSA) is 57.5 Å². The van der Waals surface area contributed by atoms with Gasteiger partial charge in [-0.15, -0.1) is 6.42 Å². The molecule has 0 aliphatic carbocycles. The first kappa shape index (κ1) is 27.2. The van der Waals surface area contributed by atoms with E-state index in [1.807, 2.05) is 6.92 Å². The van der Waals surface area contributed by atoms with Gasteiger partial charge in [0, 0.05) is 71.7 Å². The zero-order valence-electron chi connectivity index (χ0n) is 10.5. The van der Waals surface area contributed by atoms with E-state index in [1.54, 1.807) is 12.2 Å². The second-order valence-corrected chi connectivity index (χ2v) is 2.23. The molecule has 0 fully saturated rings. The average molecular weight is 398 g/mol. The molecular weight excluding hydrogens is 382 g/mol. The summed E-state index contributed by atoms with van der Waals surface area (Å²) in [5.74, 6) is 0. The summed E-state index contributed by atoms with van der Waals surface area (Å²) < 4.78 is 0. The maximum atomic E-state index is 9.52. The minimum atomic E-state index is -0.128. The summed E-state index contributed by atoms with van der Waals surface area (Å²) in [6.45, 7) is 1.86. The van der Waals surface area contributed by atoms with Crippen molar-refractivity contribution < 1.29 is 80.4 Å². The van der Waals surface area contributed by atoms with Crippen molar-refractivity contribution in [2.75, 3.05) is 13.2 Å². The van der Waals surface area contributed by atoms with Crippen molar-refractivity contribution >= 4 is 6.29 Å². The summed E-state index contributed by atoms with van der Waals surface area (Å²) in [7, 11) is 0. The molecule has 0 unspecified atom stereocenters. The molecule has 2 radical (unpaired) electrons. The second-order valence-electron chi connectivity index (χ2n) is 2.23. The summed E-state index contributed by atoms with van der Waals surface area (Å²) in [5.41, 5.74) is 0. The Morgan fingerprint density at radius 2 is 1.33 bits per heavy atom. The van der Waals surface area contributed by atoms with E-state index >= 15 is 0 Å². The molecule has 0 aromatic carbocycles. The first-order valence-corrected chi connectivity index (χ1v) is 4.75. The fraction of sp³-hybridized carbons (Fsp3) is 0.308. The molecule has 5 heteroatoms. The zero-order chi connectivity index (χ0) is 12.5. The van der Waals surface area contributed by atoms with Gasteiger partial charge in [-0.3, -0.25) is 0 Å².